The van der Waals surface area contributed by atoms with Crippen molar-refractivity contribution >= 4 is 39.0 Å². The summed E-state index contributed by atoms with van der Waals surface area (Å²) in [6, 6.07) is 7.94. The van der Waals surface area contributed by atoms with E-state index in [-0.39, 0.29) is 0 Å². The molecule has 1 aromatic carbocycles. The van der Waals surface area contributed by atoms with Crippen molar-refractivity contribution in [3.8, 4) is 0 Å². The lowest BCUT2D eigenvalue weighted by molar-refractivity contribution is 0.922. The highest BCUT2D eigenvalue weighted by Crippen LogP contribution is 2.40. The first kappa shape index (κ1) is 12.9. The smallest absolute Gasteiger partial charge is 0.138 e. The second-order valence-corrected chi connectivity index (χ2v) is 5.94. The molecule has 5 heteroatoms. The standard InChI is InChI=1S/C14H13BrClN3/c1-8-12(16)18-14(9-6-7-9)19-13(8)17-11-5-3-2-4-10(11)15/h2-5,9H,6-7H2,1H3,(H,17,18,19). The first-order valence-corrected chi connectivity index (χ1v) is 7.38. The average molecular weight is 339 g/mol. The summed E-state index contributed by atoms with van der Waals surface area (Å²) >= 11 is 9.71. The van der Waals surface area contributed by atoms with Crippen molar-refractivity contribution in [1.29, 1.82) is 0 Å². The summed E-state index contributed by atoms with van der Waals surface area (Å²) in [5, 5.41) is 3.86. The van der Waals surface area contributed by atoms with Gasteiger partial charge in [0.1, 0.15) is 16.8 Å². The molecule has 0 saturated heterocycles. The monoisotopic (exact) mass is 337 g/mol. The topological polar surface area (TPSA) is 37.8 Å². The summed E-state index contributed by atoms with van der Waals surface area (Å²) < 4.78 is 0.997. The number of aromatic nitrogens is 2. The minimum atomic E-state index is 0.484. The molecule has 98 valence electrons. The molecule has 1 aromatic heterocycles. The minimum absolute atomic E-state index is 0.484. The Morgan fingerprint density at radius 1 is 1.26 bits per heavy atom. The number of hydrogen-bond donors (Lipinski definition) is 1. The van der Waals surface area contributed by atoms with Gasteiger partial charge in [0.15, 0.2) is 0 Å². The Morgan fingerprint density at radius 3 is 2.68 bits per heavy atom. The molecule has 19 heavy (non-hydrogen) atoms. The Morgan fingerprint density at radius 2 is 2.00 bits per heavy atom. The van der Waals surface area contributed by atoms with Crippen molar-refractivity contribution in [2.75, 3.05) is 5.32 Å². The van der Waals surface area contributed by atoms with E-state index < -0.39 is 0 Å². The van der Waals surface area contributed by atoms with Crippen LogP contribution in [0, 0.1) is 6.92 Å². The van der Waals surface area contributed by atoms with Crippen molar-refractivity contribution in [1.82, 2.24) is 9.97 Å². The first-order chi connectivity index (χ1) is 9.15. The molecule has 0 aliphatic heterocycles. The third kappa shape index (κ3) is 2.74. The highest BCUT2D eigenvalue weighted by molar-refractivity contribution is 9.10. The lowest BCUT2D eigenvalue weighted by Gasteiger charge is -2.12. The summed E-state index contributed by atoms with van der Waals surface area (Å²) in [5.74, 6) is 2.12. The molecule has 2 aromatic rings. The third-order valence-corrected chi connectivity index (χ3v) is 4.23. The molecular weight excluding hydrogens is 326 g/mol. The molecule has 3 rings (SSSR count). The van der Waals surface area contributed by atoms with E-state index in [4.69, 9.17) is 11.6 Å². The average Bonchev–Trinajstić information content (AvgIpc) is 3.21. The fourth-order valence-corrected chi connectivity index (χ4v) is 2.40. The van der Waals surface area contributed by atoms with E-state index >= 15 is 0 Å². The predicted molar refractivity (Wildman–Crippen MR) is 81.2 cm³/mol. The number of halogens is 2. The van der Waals surface area contributed by atoms with E-state index in [1.807, 2.05) is 31.2 Å². The molecule has 1 saturated carbocycles. The van der Waals surface area contributed by atoms with Gasteiger partial charge in [0, 0.05) is 16.0 Å². The van der Waals surface area contributed by atoms with Crippen LogP contribution in [0.5, 0.6) is 0 Å². The maximum atomic E-state index is 6.19. The second kappa shape index (κ2) is 5.10. The summed E-state index contributed by atoms with van der Waals surface area (Å²) in [5.41, 5.74) is 1.85. The van der Waals surface area contributed by atoms with Gasteiger partial charge in [-0.15, -0.1) is 0 Å². The normalized spacial score (nSPS) is 14.5. The molecule has 0 amide bonds. The van der Waals surface area contributed by atoms with Crippen LogP contribution in [0.2, 0.25) is 5.15 Å². The summed E-state index contributed by atoms with van der Waals surface area (Å²) in [4.78, 5) is 8.97. The van der Waals surface area contributed by atoms with Crippen LogP contribution < -0.4 is 5.32 Å². The van der Waals surface area contributed by atoms with Crippen LogP contribution in [0.1, 0.15) is 30.1 Å². The molecule has 0 unspecified atom stereocenters. The van der Waals surface area contributed by atoms with Gasteiger partial charge in [-0.2, -0.15) is 0 Å². The Labute approximate surface area is 125 Å². The van der Waals surface area contributed by atoms with Crippen molar-refractivity contribution in [3.63, 3.8) is 0 Å². The highest BCUT2D eigenvalue weighted by atomic mass is 79.9. The van der Waals surface area contributed by atoms with Crippen LogP contribution in [0.3, 0.4) is 0 Å². The zero-order valence-electron chi connectivity index (χ0n) is 10.5. The van der Waals surface area contributed by atoms with Gasteiger partial charge in [-0.05, 0) is 47.8 Å². The van der Waals surface area contributed by atoms with Crippen LogP contribution in [-0.2, 0) is 0 Å². The number of nitrogens with one attached hydrogen (secondary N) is 1. The zero-order chi connectivity index (χ0) is 13.4. The van der Waals surface area contributed by atoms with Gasteiger partial charge in [-0.1, -0.05) is 23.7 Å². The van der Waals surface area contributed by atoms with Gasteiger partial charge in [-0.25, -0.2) is 9.97 Å². The quantitative estimate of drug-likeness (QED) is 0.815. The van der Waals surface area contributed by atoms with Crippen molar-refractivity contribution < 1.29 is 0 Å². The summed E-state index contributed by atoms with van der Waals surface area (Å²) in [6.45, 7) is 1.93. The van der Waals surface area contributed by atoms with Crippen molar-refractivity contribution in [2.45, 2.75) is 25.7 Å². The Kier molecular flexibility index (Phi) is 3.46. The van der Waals surface area contributed by atoms with Crippen LogP contribution >= 0.6 is 27.5 Å². The van der Waals surface area contributed by atoms with Gasteiger partial charge in [0.2, 0.25) is 0 Å². The maximum absolute atomic E-state index is 6.19. The molecule has 1 aliphatic rings. The van der Waals surface area contributed by atoms with Gasteiger partial charge >= 0.3 is 0 Å². The molecule has 1 heterocycles. The van der Waals surface area contributed by atoms with E-state index in [0.717, 1.165) is 40.2 Å². The van der Waals surface area contributed by atoms with Crippen LogP contribution in [-0.4, -0.2) is 9.97 Å². The van der Waals surface area contributed by atoms with E-state index in [0.29, 0.717) is 11.1 Å². The molecule has 1 aliphatic carbocycles. The molecule has 3 nitrogen and oxygen atoms in total. The third-order valence-electron chi connectivity index (χ3n) is 3.17. The molecule has 0 radical (unpaired) electrons. The number of nitrogens with zero attached hydrogens (tertiary/aromatic N) is 2. The summed E-state index contributed by atoms with van der Waals surface area (Å²) in [6.07, 6.45) is 2.32. The lowest BCUT2D eigenvalue weighted by Crippen LogP contribution is -2.03. The molecule has 0 bridgehead atoms. The zero-order valence-corrected chi connectivity index (χ0v) is 12.8. The Bertz CT molecular complexity index is 626. The molecule has 0 atom stereocenters. The van der Waals surface area contributed by atoms with Gasteiger partial charge < -0.3 is 5.32 Å². The fraction of sp³-hybridized carbons (Fsp3) is 0.286. The van der Waals surface area contributed by atoms with Crippen LogP contribution in [0.4, 0.5) is 11.5 Å². The van der Waals surface area contributed by atoms with Crippen LogP contribution in [0.25, 0.3) is 0 Å². The lowest BCUT2D eigenvalue weighted by atomic mass is 10.3. The largest absolute Gasteiger partial charge is 0.339 e. The van der Waals surface area contributed by atoms with E-state index in [2.05, 4.69) is 31.2 Å². The van der Waals surface area contributed by atoms with Crippen LogP contribution in [0.15, 0.2) is 28.7 Å². The van der Waals surface area contributed by atoms with Gasteiger partial charge in [0.05, 0.1) is 5.69 Å². The van der Waals surface area contributed by atoms with Crippen molar-refractivity contribution in [3.05, 3.63) is 45.3 Å². The highest BCUT2D eigenvalue weighted by Gasteiger charge is 2.28. The SMILES string of the molecule is Cc1c(Cl)nc(C2CC2)nc1Nc1ccccc1Br. The number of benzene rings is 1. The number of rotatable bonds is 3. The Balaban J connectivity index is 1.98. The maximum Gasteiger partial charge on any atom is 0.138 e. The molecule has 1 N–H and O–H groups in total. The first-order valence-electron chi connectivity index (χ1n) is 6.20. The van der Waals surface area contributed by atoms with Gasteiger partial charge in [-0.3, -0.25) is 0 Å². The number of anilines is 2. The summed E-state index contributed by atoms with van der Waals surface area (Å²) in [7, 11) is 0. The van der Waals surface area contributed by atoms with E-state index in [1.54, 1.807) is 0 Å². The number of hydrogen-bond acceptors (Lipinski definition) is 3. The molecule has 1 fully saturated rings. The minimum Gasteiger partial charge on any atom is -0.339 e. The second-order valence-electron chi connectivity index (χ2n) is 4.73. The molecule has 0 spiro atoms. The van der Waals surface area contributed by atoms with E-state index in [9.17, 15) is 0 Å². The van der Waals surface area contributed by atoms with Gasteiger partial charge in [0.25, 0.3) is 0 Å². The fourth-order valence-electron chi connectivity index (χ4n) is 1.84. The van der Waals surface area contributed by atoms with E-state index in [1.165, 1.54) is 0 Å². The predicted octanol–water partition coefficient (Wildman–Crippen LogP) is 4.82. The molecular formula is C14H13BrClN3. The number of para-hydroxylation sites is 1. The Hall–Kier alpha value is -1.13. The van der Waals surface area contributed by atoms with Crippen molar-refractivity contribution in [2.24, 2.45) is 0 Å².